The highest BCUT2D eigenvalue weighted by molar-refractivity contribution is 5.49. The van der Waals surface area contributed by atoms with Crippen molar-refractivity contribution < 1.29 is 18.3 Å². The first-order valence-electron chi connectivity index (χ1n) is 9.98. The predicted molar refractivity (Wildman–Crippen MR) is 101 cm³/mol. The predicted octanol–water partition coefficient (Wildman–Crippen LogP) is 3.11. The van der Waals surface area contributed by atoms with Crippen molar-refractivity contribution in [2.75, 3.05) is 44.2 Å². The lowest BCUT2D eigenvalue weighted by Gasteiger charge is -2.37. The second kappa shape index (κ2) is 9.26. The molecule has 1 saturated carbocycles. The molecule has 1 aromatic rings. The molecule has 0 spiro atoms. The van der Waals surface area contributed by atoms with Gasteiger partial charge in [-0.1, -0.05) is 25.3 Å². The SMILES string of the molecule is OC(CNC1CCCCC1)CN1CCN(c2cccc(C(F)(F)F)c2)CC1. The van der Waals surface area contributed by atoms with Gasteiger partial charge >= 0.3 is 6.18 Å². The number of nitrogens with zero attached hydrogens (tertiary/aromatic N) is 2. The fourth-order valence-electron chi connectivity index (χ4n) is 4.04. The van der Waals surface area contributed by atoms with Gasteiger partial charge < -0.3 is 15.3 Å². The largest absolute Gasteiger partial charge is 0.416 e. The molecule has 0 aromatic heterocycles. The van der Waals surface area contributed by atoms with Crippen molar-refractivity contribution in [2.45, 2.75) is 50.4 Å². The van der Waals surface area contributed by atoms with Crippen LogP contribution in [0.4, 0.5) is 18.9 Å². The van der Waals surface area contributed by atoms with E-state index in [1.807, 2.05) is 4.90 Å². The molecule has 2 aliphatic rings. The van der Waals surface area contributed by atoms with Gasteiger partial charge in [0, 0.05) is 51.0 Å². The summed E-state index contributed by atoms with van der Waals surface area (Å²) in [6.07, 6.45) is 1.53. The highest BCUT2D eigenvalue weighted by Crippen LogP contribution is 2.31. The van der Waals surface area contributed by atoms with Crippen molar-refractivity contribution in [1.29, 1.82) is 0 Å². The average Bonchev–Trinajstić information content (AvgIpc) is 2.67. The van der Waals surface area contributed by atoms with Crippen molar-refractivity contribution in [3.63, 3.8) is 0 Å². The molecule has 2 fully saturated rings. The van der Waals surface area contributed by atoms with E-state index >= 15 is 0 Å². The molecule has 1 aromatic carbocycles. The highest BCUT2D eigenvalue weighted by atomic mass is 19.4. The summed E-state index contributed by atoms with van der Waals surface area (Å²) in [5.74, 6) is 0. The van der Waals surface area contributed by atoms with Crippen LogP contribution >= 0.6 is 0 Å². The summed E-state index contributed by atoms with van der Waals surface area (Å²) < 4.78 is 38.7. The molecule has 3 rings (SSSR count). The quantitative estimate of drug-likeness (QED) is 0.789. The minimum atomic E-state index is -4.31. The minimum absolute atomic E-state index is 0.410. The van der Waals surface area contributed by atoms with Gasteiger partial charge in [0.15, 0.2) is 0 Å². The van der Waals surface area contributed by atoms with Crippen molar-refractivity contribution in [3.05, 3.63) is 29.8 Å². The maximum absolute atomic E-state index is 12.9. The number of β-amino-alcohol motifs (C(OH)–C–C–N with tert-alkyl or cyclic N) is 1. The van der Waals surface area contributed by atoms with Gasteiger partial charge in [0.25, 0.3) is 0 Å². The lowest BCUT2D eigenvalue weighted by Crippen LogP contribution is -2.50. The van der Waals surface area contributed by atoms with Crippen LogP contribution in [0, 0.1) is 0 Å². The highest BCUT2D eigenvalue weighted by Gasteiger charge is 2.31. The number of nitrogens with one attached hydrogen (secondary N) is 1. The number of halogens is 3. The normalized spacial score (nSPS) is 21.4. The molecule has 152 valence electrons. The van der Waals surface area contributed by atoms with Crippen molar-refractivity contribution in [1.82, 2.24) is 10.2 Å². The first-order chi connectivity index (χ1) is 12.9. The monoisotopic (exact) mass is 385 g/mol. The Morgan fingerprint density at radius 3 is 2.44 bits per heavy atom. The maximum Gasteiger partial charge on any atom is 0.416 e. The Balaban J connectivity index is 1.42. The summed E-state index contributed by atoms with van der Waals surface area (Å²) in [6.45, 7) is 4.05. The fourth-order valence-corrected chi connectivity index (χ4v) is 4.04. The smallest absolute Gasteiger partial charge is 0.390 e. The molecule has 2 N–H and O–H groups in total. The van der Waals surface area contributed by atoms with E-state index in [0.717, 1.165) is 19.2 Å². The van der Waals surface area contributed by atoms with Gasteiger partial charge in [0.1, 0.15) is 0 Å². The van der Waals surface area contributed by atoms with E-state index in [9.17, 15) is 18.3 Å². The molecule has 1 unspecified atom stereocenters. The Hall–Kier alpha value is -1.31. The summed E-state index contributed by atoms with van der Waals surface area (Å²) in [4.78, 5) is 4.18. The number of aliphatic hydroxyl groups is 1. The van der Waals surface area contributed by atoms with Gasteiger partial charge in [-0.3, -0.25) is 4.90 Å². The second-order valence-corrected chi connectivity index (χ2v) is 7.73. The first-order valence-corrected chi connectivity index (χ1v) is 9.98. The molecule has 1 aliphatic carbocycles. The molecular formula is C20H30F3N3O. The second-order valence-electron chi connectivity index (χ2n) is 7.73. The van der Waals surface area contributed by atoms with E-state index in [2.05, 4.69) is 10.2 Å². The Morgan fingerprint density at radius 2 is 1.78 bits per heavy atom. The van der Waals surface area contributed by atoms with Gasteiger partial charge in [-0.25, -0.2) is 0 Å². The third-order valence-electron chi connectivity index (χ3n) is 5.63. The van der Waals surface area contributed by atoms with Crippen LogP contribution in [0.15, 0.2) is 24.3 Å². The third-order valence-corrected chi connectivity index (χ3v) is 5.63. The van der Waals surface area contributed by atoms with Crippen LogP contribution in [0.25, 0.3) is 0 Å². The number of alkyl halides is 3. The molecular weight excluding hydrogens is 355 g/mol. The number of piperazine rings is 1. The van der Waals surface area contributed by atoms with Crippen molar-refractivity contribution in [3.8, 4) is 0 Å². The summed E-state index contributed by atoms with van der Waals surface area (Å²) in [5, 5.41) is 13.8. The van der Waals surface area contributed by atoms with E-state index in [4.69, 9.17) is 0 Å². The van der Waals surface area contributed by atoms with Crippen LogP contribution in [-0.2, 0) is 6.18 Å². The summed E-state index contributed by atoms with van der Waals surface area (Å²) in [5.41, 5.74) is 0.00984. The summed E-state index contributed by atoms with van der Waals surface area (Å²) in [6, 6.07) is 6.05. The Bertz CT molecular complexity index is 582. The van der Waals surface area contributed by atoms with E-state index < -0.39 is 17.8 Å². The Kier molecular flexibility index (Phi) is 7.00. The van der Waals surface area contributed by atoms with Gasteiger partial charge in [-0.2, -0.15) is 13.2 Å². The zero-order chi connectivity index (χ0) is 19.3. The Morgan fingerprint density at radius 1 is 1.07 bits per heavy atom. The molecule has 1 heterocycles. The number of aliphatic hydroxyl groups excluding tert-OH is 1. The van der Waals surface area contributed by atoms with E-state index in [0.29, 0.717) is 37.9 Å². The molecule has 4 nitrogen and oxygen atoms in total. The number of benzene rings is 1. The van der Waals surface area contributed by atoms with Crippen molar-refractivity contribution >= 4 is 5.69 Å². The fraction of sp³-hybridized carbons (Fsp3) is 0.700. The molecule has 7 heteroatoms. The number of anilines is 1. The molecule has 0 amide bonds. The number of hydrogen-bond donors (Lipinski definition) is 2. The summed E-state index contributed by atoms with van der Waals surface area (Å²) in [7, 11) is 0. The molecule has 0 bridgehead atoms. The van der Waals surface area contributed by atoms with Crippen LogP contribution in [0.5, 0.6) is 0 Å². The number of rotatable bonds is 6. The van der Waals surface area contributed by atoms with Crippen LogP contribution in [-0.4, -0.2) is 61.4 Å². The molecule has 1 saturated heterocycles. The van der Waals surface area contributed by atoms with Gasteiger partial charge in [-0.05, 0) is 31.0 Å². The average molecular weight is 385 g/mol. The van der Waals surface area contributed by atoms with Gasteiger partial charge in [0.2, 0.25) is 0 Å². The number of hydrogen-bond acceptors (Lipinski definition) is 4. The standard InChI is InChI=1S/C20H30F3N3O/c21-20(22,23)16-5-4-8-18(13-16)26-11-9-25(10-12-26)15-19(27)14-24-17-6-2-1-3-7-17/h4-5,8,13,17,19,24,27H,1-3,6-7,9-12,14-15H2. The van der Waals surface area contributed by atoms with Gasteiger partial charge in [-0.15, -0.1) is 0 Å². The zero-order valence-electron chi connectivity index (χ0n) is 15.7. The lowest BCUT2D eigenvalue weighted by atomic mass is 9.95. The molecule has 1 aliphatic heterocycles. The van der Waals surface area contributed by atoms with Crippen LogP contribution in [0.3, 0.4) is 0 Å². The zero-order valence-corrected chi connectivity index (χ0v) is 15.7. The van der Waals surface area contributed by atoms with Gasteiger partial charge in [0.05, 0.1) is 11.7 Å². The molecule has 27 heavy (non-hydrogen) atoms. The summed E-state index contributed by atoms with van der Waals surface area (Å²) >= 11 is 0. The topological polar surface area (TPSA) is 38.7 Å². The molecule has 0 radical (unpaired) electrons. The lowest BCUT2D eigenvalue weighted by molar-refractivity contribution is -0.137. The Labute approximate surface area is 159 Å². The van der Waals surface area contributed by atoms with Crippen LogP contribution in [0.1, 0.15) is 37.7 Å². The maximum atomic E-state index is 12.9. The van der Waals surface area contributed by atoms with E-state index in [1.54, 1.807) is 6.07 Å². The molecule has 1 atom stereocenters. The first kappa shape index (κ1) is 20.4. The minimum Gasteiger partial charge on any atom is -0.390 e. The van der Waals surface area contributed by atoms with E-state index in [-0.39, 0.29) is 0 Å². The van der Waals surface area contributed by atoms with Crippen LogP contribution < -0.4 is 10.2 Å². The van der Waals surface area contributed by atoms with Crippen LogP contribution in [0.2, 0.25) is 0 Å². The van der Waals surface area contributed by atoms with Crippen molar-refractivity contribution in [2.24, 2.45) is 0 Å². The van der Waals surface area contributed by atoms with E-state index in [1.165, 1.54) is 44.2 Å². The third kappa shape index (κ3) is 6.09.